The first-order chi connectivity index (χ1) is 11.1. The number of likely N-dealkylation sites (tertiary alicyclic amines) is 1. The van der Waals surface area contributed by atoms with E-state index in [1.54, 1.807) is 4.90 Å². The predicted octanol–water partition coefficient (Wildman–Crippen LogP) is 2.48. The lowest BCUT2D eigenvalue weighted by Gasteiger charge is -2.30. The Kier molecular flexibility index (Phi) is 4.96. The van der Waals surface area contributed by atoms with E-state index in [1.165, 1.54) is 12.8 Å². The molecule has 3 rings (SSSR count). The van der Waals surface area contributed by atoms with Crippen molar-refractivity contribution in [3.05, 3.63) is 24.3 Å². The molecule has 1 N–H and O–H groups in total. The summed E-state index contributed by atoms with van der Waals surface area (Å²) in [5.74, 6) is 0.848. The minimum absolute atomic E-state index is 0.0176. The third-order valence-electron chi connectivity index (χ3n) is 4.62. The van der Waals surface area contributed by atoms with Crippen molar-refractivity contribution in [3.63, 3.8) is 0 Å². The highest BCUT2D eigenvalue weighted by Crippen LogP contribution is 2.24. The minimum atomic E-state index is 0.0176. The minimum Gasteiger partial charge on any atom is -0.325 e. The summed E-state index contributed by atoms with van der Waals surface area (Å²) in [6.07, 6.45) is 3.94. The van der Waals surface area contributed by atoms with E-state index in [9.17, 15) is 9.59 Å². The summed E-state index contributed by atoms with van der Waals surface area (Å²) in [4.78, 5) is 28.1. The van der Waals surface area contributed by atoms with Crippen LogP contribution in [0.25, 0.3) is 0 Å². The Bertz CT molecular complexity index is 587. The van der Waals surface area contributed by atoms with Gasteiger partial charge in [-0.25, -0.2) is 0 Å². The van der Waals surface area contributed by atoms with E-state index < -0.39 is 0 Å². The van der Waals surface area contributed by atoms with Gasteiger partial charge in [0.05, 0.1) is 6.54 Å². The molecule has 2 aliphatic heterocycles. The normalized spacial score (nSPS) is 22.4. The smallest absolute Gasteiger partial charge is 0.238 e. The van der Waals surface area contributed by atoms with Gasteiger partial charge in [-0.3, -0.25) is 14.5 Å². The number of anilines is 2. The number of rotatable bonds is 4. The van der Waals surface area contributed by atoms with E-state index in [4.69, 9.17) is 0 Å². The summed E-state index contributed by atoms with van der Waals surface area (Å²) in [5.41, 5.74) is 1.63. The molecule has 0 bridgehead atoms. The van der Waals surface area contributed by atoms with Gasteiger partial charge in [0.2, 0.25) is 11.8 Å². The Balaban J connectivity index is 1.59. The fraction of sp³-hybridized carbons (Fsp3) is 0.556. The van der Waals surface area contributed by atoms with Crippen molar-refractivity contribution < 1.29 is 9.59 Å². The molecule has 2 saturated heterocycles. The molecule has 2 fully saturated rings. The van der Waals surface area contributed by atoms with Gasteiger partial charge in [-0.1, -0.05) is 13.0 Å². The van der Waals surface area contributed by atoms with Gasteiger partial charge in [0.25, 0.3) is 0 Å². The van der Waals surface area contributed by atoms with E-state index in [-0.39, 0.29) is 11.8 Å². The largest absolute Gasteiger partial charge is 0.325 e. The number of amides is 2. The molecule has 23 heavy (non-hydrogen) atoms. The van der Waals surface area contributed by atoms with Crippen molar-refractivity contribution in [1.29, 1.82) is 0 Å². The molecule has 2 amide bonds. The lowest BCUT2D eigenvalue weighted by molar-refractivity contribution is -0.118. The zero-order valence-corrected chi connectivity index (χ0v) is 13.8. The summed E-state index contributed by atoms with van der Waals surface area (Å²) in [6.45, 7) is 5.44. The van der Waals surface area contributed by atoms with Crippen LogP contribution in [0.3, 0.4) is 0 Å². The second-order valence-corrected chi connectivity index (χ2v) is 6.73. The fourth-order valence-electron chi connectivity index (χ4n) is 3.51. The maximum atomic E-state index is 12.3. The first-order valence-corrected chi connectivity index (χ1v) is 8.54. The maximum Gasteiger partial charge on any atom is 0.238 e. The molecule has 0 saturated carbocycles. The second-order valence-electron chi connectivity index (χ2n) is 6.73. The molecule has 124 valence electrons. The molecule has 0 radical (unpaired) electrons. The van der Waals surface area contributed by atoms with E-state index >= 15 is 0 Å². The van der Waals surface area contributed by atoms with Gasteiger partial charge in [0.1, 0.15) is 0 Å². The molecule has 0 aromatic heterocycles. The average molecular weight is 315 g/mol. The van der Waals surface area contributed by atoms with E-state index in [2.05, 4.69) is 17.1 Å². The summed E-state index contributed by atoms with van der Waals surface area (Å²) in [7, 11) is 0. The van der Waals surface area contributed by atoms with Crippen molar-refractivity contribution in [3.8, 4) is 0 Å². The van der Waals surface area contributed by atoms with Crippen LogP contribution in [0.15, 0.2) is 24.3 Å². The Morgan fingerprint density at radius 1 is 1.30 bits per heavy atom. The fourth-order valence-corrected chi connectivity index (χ4v) is 3.51. The van der Waals surface area contributed by atoms with Crippen LogP contribution < -0.4 is 10.2 Å². The molecular formula is C18H25N3O2. The average Bonchev–Trinajstić information content (AvgIpc) is 2.93. The number of hydrogen-bond donors (Lipinski definition) is 1. The number of benzene rings is 1. The number of nitrogens with zero attached hydrogens (tertiary/aromatic N) is 2. The Morgan fingerprint density at radius 2 is 2.17 bits per heavy atom. The number of carbonyl (C=O) groups excluding carboxylic acids is 2. The molecule has 1 unspecified atom stereocenters. The first-order valence-electron chi connectivity index (χ1n) is 8.54. The van der Waals surface area contributed by atoms with E-state index in [0.717, 1.165) is 37.4 Å². The second kappa shape index (κ2) is 7.13. The summed E-state index contributed by atoms with van der Waals surface area (Å²) < 4.78 is 0. The van der Waals surface area contributed by atoms with Crippen molar-refractivity contribution in [2.45, 2.75) is 32.6 Å². The Labute approximate surface area is 137 Å². The summed E-state index contributed by atoms with van der Waals surface area (Å²) >= 11 is 0. The maximum absolute atomic E-state index is 12.3. The van der Waals surface area contributed by atoms with Gasteiger partial charge < -0.3 is 10.2 Å². The van der Waals surface area contributed by atoms with Crippen LogP contribution in [0, 0.1) is 5.92 Å². The molecule has 5 nitrogen and oxygen atoms in total. The van der Waals surface area contributed by atoms with Gasteiger partial charge in [-0.2, -0.15) is 0 Å². The zero-order valence-electron chi connectivity index (χ0n) is 13.8. The monoisotopic (exact) mass is 315 g/mol. The van der Waals surface area contributed by atoms with Crippen molar-refractivity contribution in [1.82, 2.24) is 4.90 Å². The van der Waals surface area contributed by atoms with Gasteiger partial charge >= 0.3 is 0 Å². The van der Waals surface area contributed by atoms with Gasteiger partial charge in [-0.15, -0.1) is 0 Å². The van der Waals surface area contributed by atoms with Crippen LogP contribution in [0.1, 0.15) is 32.6 Å². The zero-order chi connectivity index (χ0) is 16.2. The molecule has 5 heteroatoms. The van der Waals surface area contributed by atoms with Gasteiger partial charge in [0, 0.05) is 30.9 Å². The third-order valence-corrected chi connectivity index (χ3v) is 4.62. The number of nitrogens with one attached hydrogen (secondary N) is 1. The molecular weight excluding hydrogens is 290 g/mol. The highest BCUT2D eigenvalue weighted by Gasteiger charge is 2.22. The summed E-state index contributed by atoms with van der Waals surface area (Å²) in [6, 6.07) is 7.57. The number of piperidine rings is 1. The Morgan fingerprint density at radius 3 is 2.91 bits per heavy atom. The lowest BCUT2D eigenvalue weighted by atomic mass is 10.0. The van der Waals surface area contributed by atoms with E-state index in [1.807, 2.05) is 24.3 Å². The molecule has 1 aromatic carbocycles. The lowest BCUT2D eigenvalue weighted by Crippen LogP contribution is -2.39. The number of hydrogen-bond acceptors (Lipinski definition) is 3. The van der Waals surface area contributed by atoms with Crippen LogP contribution >= 0.6 is 0 Å². The molecule has 1 atom stereocenters. The summed E-state index contributed by atoms with van der Waals surface area (Å²) in [5, 5.41) is 2.96. The standard InChI is InChI=1S/C18H25N3O2/c1-14-5-3-9-20(12-14)13-17(22)19-15-6-2-7-16(11-15)21-10-4-8-18(21)23/h2,6-7,11,14H,3-5,8-10,12-13H2,1H3,(H,19,22). The third kappa shape index (κ3) is 4.10. The van der Waals surface area contributed by atoms with Crippen LogP contribution in [0.2, 0.25) is 0 Å². The van der Waals surface area contributed by atoms with Crippen LogP contribution in [-0.4, -0.2) is 42.9 Å². The Hall–Kier alpha value is -1.88. The molecule has 0 aliphatic carbocycles. The van der Waals surface area contributed by atoms with Gasteiger partial charge in [-0.05, 0) is 49.9 Å². The van der Waals surface area contributed by atoms with Crippen LogP contribution in [0.5, 0.6) is 0 Å². The number of carbonyl (C=O) groups is 2. The van der Waals surface area contributed by atoms with Crippen molar-refractivity contribution in [2.75, 3.05) is 36.4 Å². The SMILES string of the molecule is CC1CCCN(CC(=O)Nc2cccc(N3CCCC3=O)c2)C1. The van der Waals surface area contributed by atoms with E-state index in [0.29, 0.717) is 18.9 Å². The molecule has 2 heterocycles. The molecule has 2 aliphatic rings. The highest BCUT2D eigenvalue weighted by atomic mass is 16.2. The highest BCUT2D eigenvalue weighted by molar-refractivity contribution is 5.97. The van der Waals surface area contributed by atoms with Crippen molar-refractivity contribution >= 4 is 23.2 Å². The van der Waals surface area contributed by atoms with Crippen molar-refractivity contribution in [2.24, 2.45) is 5.92 Å². The van der Waals surface area contributed by atoms with Gasteiger partial charge in [0.15, 0.2) is 0 Å². The molecule has 0 spiro atoms. The molecule has 1 aromatic rings. The van der Waals surface area contributed by atoms with Crippen LogP contribution in [-0.2, 0) is 9.59 Å². The van der Waals surface area contributed by atoms with Crippen LogP contribution in [0.4, 0.5) is 11.4 Å². The predicted molar refractivity (Wildman–Crippen MR) is 91.5 cm³/mol. The topological polar surface area (TPSA) is 52.7 Å². The quantitative estimate of drug-likeness (QED) is 0.929. The first kappa shape index (κ1) is 16.0.